The van der Waals surface area contributed by atoms with Gasteiger partial charge in [-0.05, 0) is 30.3 Å². The number of nitrogens with two attached hydrogens (primary N) is 1. The normalized spacial score (nSPS) is 10.8. The molecular weight excluding hydrogens is 288 g/mol. The van der Waals surface area contributed by atoms with Crippen molar-refractivity contribution >= 4 is 21.6 Å². The molecule has 2 nitrogen and oxygen atoms in total. The minimum atomic E-state index is 0.788. The van der Waals surface area contributed by atoms with Gasteiger partial charge in [-0.3, -0.25) is 4.90 Å². The summed E-state index contributed by atoms with van der Waals surface area (Å²) in [5.74, 6) is 0. The predicted octanol–water partition coefficient (Wildman–Crippen LogP) is 3.66. The standard InChI is InChI=1S/C15H17BrN2/c1-18(10-12-5-3-2-4-6-12)11-13-7-8-14(17)9-15(13)16/h2-9H,10-11,17H2,1H3. The van der Waals surface area contributed by atoms with E-state index in [0.717, 1.165) is 23.2 Å². The van der Waals surface area contributed by atoms with E-state index < -0.39 is 0 Å². The fourth-order valence-electron chi connectivity index (χ4n) is 1.93. The maximum Gasteiger partial charge on any atom is 0.0325 e. The third-order valence-corrected chi connectivity index (χ3v) is 3.55. The van der Waals surface area contributed by atoms with E-state index in [1.807, 2.05) is 18.2 Å². The number of anilines is 1. The molecule has 3 heteroatoms. The van der Waals surface area contributed by atoms with Crippen LogP contribution in [0.15, 0.2) is 53.0 Å². The molecule has 0 fully saturated rings. The van der Waals surface area contributed by atoms with Crippen LogP contribution in [0, 0.1) is 0 Å². The third kappa shape index (κ3) is 3.59. The first-order valence-electron chi connectivity index (χ1n) is 5.91. The average Bonchev–Trinajstić information content (AvgIpc) is 2.34. The van der Waals surface area contributed by atoms with Crippen molar-refractivity contribution in [2.75, 3.05) is 12.8 Å². The molecule has 0 unspecified atom stereocenters. The van der Waals surface area contributed by atoms with E-state index in [1.54, 1.807) is 0 Å². The summed E-state index contributed by atoms with van der Waals surface area (Å²) in [6.45, 7) is 1.84. The summed E-state index contributed by atoms with van der Waals surface area (Å²) < 4.78 is 1.07. The Labute approximate surface area is 117 Å². The van der Waals surface area contributed by atoms with Crippen LogP contribution in [-0.4, -0.2) is 11.9 Å². The lowest BCUT2D eigenvalue weighted by molar-refractivity contribution is 0.318. The third-order valence-electron chi connectivity index (χ3n) is 2.81. The SMILES string of the molecule is CN(Cc1ccccc1)Cc1ccc(N)cc1Br. The Morgan fingerprint density at radius 3 is 2.44 bits per heavy atom. The van der Waals surface area contributed by atoms with Crippen LogP contribution < -0.4 is 5.73 Å². The molecule has 94 valence electrons. The summed E-state index contributed by atoms with van der Waals surface area (Å²) in [6.07, 6.45) is 0. The van der Waals surface area contributed by atoms with Gasteiger partial charge in [-0.1, -0.05) is 52.3 Å². The second kappa shape index (κ2) is 6.03. The molecule has 2 rings (SSSR count). The molecule has 0 aromatic heterocycles. The van der Waals surface area contributed by atoms with Crippen molar-refractivity contribution in [3.8, 4) is 0 Å². The smallest absolute Gasteiger partial charge is 0.0325 e. The lowest BCUT2D eigenvalue weighted by Gasteiger charge is -2.18. The molecule has 0 amide bonds. The highest BCUT2D eigenvalue weighted by Gasteiger charge is 2.05. The molecule has 0 saturated carbocycles. The number of hydrogen-bond donors (Lipinski definition) is 1. The zero-order valence-electron chi connectivity index (χ0n) is 10.4. The Balaban J connectivity index is 2.01. The van der Waals surface area contributed by atoms with Crippen LogP contribution in [0.1, 0.15) is 11.1 Å². The first-order valence-corrected chi connectivity index (χ1v) is 6.71. The fraction of sp³-hybridized carbons (Fsp3) is 0.200. The maximum absolute atomic E-state index is 5.74. The molecule has 0 bridgehead atoms. The number of nitrogen functional groups attached to an aromatic ring is 1. The molecule has 2 aromatic rings. The zero-order valence-corrected chi connectivity index (χ0v) is 12.0. The van der Waals surface area contributed by atoms with E-state index in [-0.39, 0.29) is 0 Å². The van der Waals surface area contributed by atoms with Crippen molar-refractivity contribution in [2.45, 2.75) is 13.1 Å². The van der Waals surface area contributed by atoms with Crippen LogP contribution in [0.4, 0.5) is 5.69 Å². The molecule has 0 saturated heterocycles. The van der Waals surface area contributed by atoms with Crippen LogP contribution in [0.2, 0.25) is 0 Å². The first-order chi connectivity index (χ1) is 8.65. The van der Waals surface area contributed by atoms with Crippen LogP contribution in [0.25, 0.3) is 0 Å². The molecule has 0 radical (unpaired) electrons. The number of halogens is 1. The Hall–Kier alpha value is -1.32. The molecule has 0 aliphatic heterocycles. The van der Waals surface area contributed by atoms with Crippen LogP contribution in [0.5, 0.6) is 0 Å². The molecule has 0 spiro atoms. The summed E-state index contributed by atoms with van der Waals surface area (Å²) in [5, 5.41) is 0. The van der Waals surface area contributed by atoms with Gasteiger partial charge in [0.15, 0.2) is 0 Å². The second-order valence-corrected chi connectivity index (χ2v) is 5.36. The molecule has 2 N–H and O–H groups in total. The Kier molecular flexibility index (Phi) is 4.39. The number of nitrogens with zero attached hydrogens (tertiary/aromatic N) is 1. The first kappa shape index (κ1) is 13.1. The van der Waals surface area contributed by atoms with Gasteiger partial charge in [0.25, 0.3) is 0 Å². The van der Waals surface area contributed by atoms with Crippen LogP contribution in [-0.2, 0) is 13.1 Å². The van der Waals surface area contributed by atoms with Crippen molar-refractivity contribution in [1.29, 1.82) is 0 Å². The van der Waals surface area contributed by atoms with E-state index in [2.05, 4.69) is 58.2 Å². The molecule has 2 aromatic carbocycles. The van der Waals surface area contributed by atoms with Gasteiger partial charge in [-0.2, -0.15) is 0 Å². The Morgan fingerprint density at radius 2 is 1.78 bits per heavy atom. The van der Waals surface area contributed by atoms with E-state index in [1.165, 1.54) is 11.1 Å². The number of rotatable bonds is 4. The summed E-state index contributed by atoms with van der Waals surface area (Å²) in [5.41, 5.74) is 9.10. The van der Waals surface area contributed by atoms with E-state index in [9.17, 15) is 0 Å². The van der Waals surface area contributed by atoms with Crippen LogP contribution >= 0.6 is 15.9 Å². The molecule has 0 aliphatic rings. The topological polar surface area (TPSA) is 29.3 Å². The average molecular weight is 305 g/mol. The summed E-state index contributed by atoms with van der Waals surface area (Å²) >= 11 is 3.55. The quantitative estimate of drug-likeness (QED) is 0.873. The van der Waals surface area contributed by atoms with Crippen molar-refractivity contribution in [1.82, 2.24) is 4.90 Å². The molecule has 0 heterocycles. The monoisotopic (exact) mass is 304 g/mol. The molecule has 0 atom stereocenters. The summed E-state index contributed by atoms with van der Waals surface area (Å²) in [6, 6.07) is 16.4. The van der Waals surface area contributed by atoms with Crippen LogP contribution in [0.3, 0.4) is 0 Å². The minimum absolute atomic E-state index is 0.788. The lowest BCUT2D eigenvalue weighted by Crippen LogP contribution is -2.17. The molecule has 0 aliphatic carbocycles. The van der Waals surface area contributed by atoms with Crippen molar-refractivity contribution in [3.63, 3.8) is 0 Å². The van der Waals surface area contributed by atoms with E-state index in [0.29, 0.717) is 0 Å². The maximum atomic E-state index is 5.74. The van der Waals surface area contributed by atoms with E-state index >= 15 is 0 Å². The minimum Gasteiger partial charge on any atom is -0.399 e. The molecular formula is C15H17BrN2. The summed E-state index contributed by atoms with van der Waals surface area (Å²) in [4.78, 5) is 2.28. The van der Waals surface area contributed by atoms with Gasteiger partial charge in [0.2, 0.25) is 0 Å². The highest BCUT2D eigenvalue weighted by molar-refractivity contribution is 9.10. The number of benzene rings is 2. The van der Waals surface area contributed by atoms with Gasteiger partial charge in [-0.15, -0.1) is 0 Å². The van der Waals surface area contributed by atoms with Gasteiger partial charge in [-0.25, -0.2) is 0 Å². The Bertz CT molecular complexity index is 511. The van der Waals surface area contributed by atoms with Crippen molar-refractivity contribution in [3.05, 3.63) is 64.1 Å². The lowest BCUT2D eigenvalue weighted by atomic mass is 10.1. The molecule has 18 heavy (non-hydrogen) atoms. The van der Waals surface area contributed by atoms with Crippen molar-refractivity contribution < 1.29 is 0 Å². The van der Waals surface area contributed by atoms with Gasteiger partial charge < -0.3 is 5.73 Å². The predicted molar refractivity (Wildman–Crippen MR) is 80.2 cm³/mol. The van der Waals surface area contributed by atoms with Gasteiger partial charge in [0.1, 0.15) is 0 Å². The second-order valence-electron chi connectivity index (χ2n) is 4.51. The van der Waals surface area contributed by atoms with Gasteiger partial charge in [0, 0.05) is 23.2 Å². The largest absolute Gasteiger partial charge is 0.399 e. The van der Waals surface area contributed by atoms with Gasteiger partial charge in [0.05, 0.1) is 0 Å². The van der Waals surface area contributed by atoms with Gasteiger partial charge >= 0.3 is 0 Å². The van der Waals surface area contributed by atoms with Crippen molar-refractivity contribution in [2.24, 2.45) is 0 Å². The van der Waals surface area contributed by atoms with E-state index in [4.69, 9.17) is 5.73 Å². The summed E-state index contributed by atoms with van der Waals surface area (Å²) in [7, 11) is 2.12. The Morgan fingerprint density at radius 1 is 1.06 bits per heavy atom. The fourth-order valence-corrected chi connectivity index (χ4v) is 2.46. The highest BCUT2D eigenvalue weighted by atomic mass is 79.9. The zero-order chi connectivity index (χ0) is 13.0. The highest BCUT2D eigenvalue weighted by Crippen LogP contribution is 2.21. The number of hydrogen-bond acceptors (Lipinski definition) is 2.